The summed E-state index contributed by atoms with van der Waals surface area (Å²) in [5, 5.41) is 17.5. The number of esters is 1. The molecule has 0 heterocycles. The number of carbonyl (C=O) groups excluding carboxylic acids is 1. The van der Waals surface area contributed by atoms with Gasteiger partial charge in [0.05, 0.1) is 19.8 Å². The smallest absolute Gasteiger partial charge is 0.320 e. The van der Waals surface area contributed by atoms with Crippen LogP contribution in [0.1, 0.15) is 0 Å². The second kappa shape index (κ2) is 7.61. The largest absolute Gasteiger partial charge is 0.468 e. The normalized spacial score (nSPS) is 15.1. The highest BCUT2D eigenvalue weighted by Crippen LogP contribution is 2.12. The number of hydrogen-bond donors (Lipinski definition) is 2. The molecule has 0 amide bonds. The number of methoxy groups -OCH3 is 1. The highest BCUT2D eigenvalue weighted by molar-refractivity contribution is 9.10. The van der Waals surface area contributed by atoms with Crippen LogP contribution in [0.5, 0.6) is 0 Å². The van der Waals surface area contributed by atoms with Crippen molar-refractivity contribution in [2.24, 2.45) is 0 Å². The molecule has 2 atom stereocenters. The minimum Gasteiger partial charge on any atom is -0.468 e. The standard InChI is InChI=1S/C7H13BrO4S/c1-12-7(11)6(8)4-13-3-5(10)2-9/h5-6,9-10H,2-4H2,1H3. The van der Waals surface area contributed by atoms with E-state index in [0.29, 0.717) is 11.5 Å². The highest BCUT2D eigenvalue weighted by atomic mass is 79.9. The Morgan fingerprint density at radius 3 is 2.69 bits per heavy atom. The molecular weight excluding hydrogens is 260 g/mol. The van der Waals surface area contributed by atoms with Crippen LogP contribution in [0.25, 0.3) is 0 Å². The van der Waals surface area contributed by atoms with Crippen LogP contribution >= 0.6 is 27.7 Å². The van der Waals surface area contributed by atoms with E-state index in [1.807, 2.05) is 0 Å². The monoisotopic (exact) mass is 272 g/mol. The third kappa shape index (κ3) is 6.31. The molecule has 78 valence electrons. The molecule has 0 rings (SSSR count). The Labute approximate surface area is 89.8 Å². The lowest BCUT2D eigenvalue weighted by Gasteiger charge is -2.09. The molecule has 0 bridgehead atoms. The SMILES string of the molecule is COC(=O)C(Br)CSCC(O)CO. The molecule has 0 radical (unpaired) electrons. The lowest BCUT2D eigenvalue weighted by molar-refractivity contribution is -0.139. The average molecular weight is 273 g/mol. The van der Waals surface area contributed by atoms with Crippen molar-refractivity contribution >= 4 is 33.7 Å². The lowest BCUT2D eigenvalue weighted by Crippen LogP contribution is -2.20. The van der Waals surface area contributed by atoms with Gasteiger partial charge in [0.25, 0.3) is 0 Å². The van der Waals surface area contributed by atoms with E-state index in [9.17, 15) is 4.79 Å². The molecule has 4 nitrogen and oxygen atoms in total. The molecule has 2 N–H and O–H groups in total. The lowest BCUT2D eigenvalue weighted by atomic mass is 10.4. The topological polar surface area (TPSA) is 66.8 Å². The van der Waals surface area contributed by atoms with Crippen molar-refractivity contribution < 1.29 is 19.7 Å². The van der Waals surface area contributed by atoms with Gasteiger partial charge < -0.3 is 14.9 Å². The summed E-state index contributed by atoms with van der Waals surface area (Å²) in [4.78, 5) is 10.5. The summed E-state index contributed by atoms with van der Waals surface area (Å²) in [5.41, 5.74) is 0. The van der Waals surface area contributed by atoms with Gasteiger partial charge in [-0.2, -0.15) is 11.8 Å². The van der Waals surface area contributed by atoms with E-state index in [1.165, 1.54) is 18.9 Å². The van der Waals surface area contributed by atoms with Crippen LogP contribution in [-0.2, 0) is 9.53 Å². The maximum absolute atomic E-state index is 10.9. The fraction of sp³-hybridized carbons (Fsp3) is 0.857. The van der Waals surface area contributed by atoms with E-state index in [1.54, 1.807) is 0 Å². The zero-order valence-electron chi connectivity index (χ0n) is 7.27. The van der Waals surface area contributed by atoms with E-state index in [-0.39, 0.29) is 17.4 Å². The van der Waals surface area contributed by atoms with Crippen LogP contribution in [0.4, 0.5) is 0 Å². The molecule has 0 aliphatic heterocycles. The zero-order chi connectivity index (χ0) is 10.3. The summed E-state index contributed by atoms with van der Waals surface area (Å²) in [6.07, 6.45) is -0.720. The predicted molar refractivity (Wildman–Crippen MR) is 55.1 cm³/mol. The zero-order valence-corrected chi connectivity index (χ0v) is 9.68. The number of aliphatic hydroxyl groups is 2. The number of hydrogen-bond acceptors (Lipinski definition) is 5. The summed E-state index contributed by atoms with van der Waals surface area (Å²) in [7, 11) is 1.32. The molecule has 0 aliphatic rings. The molecule has 0 aromatic carbocycles. The van der Waals surface area contributed by atoms with Crippen molar-refractivity contribution in [2.45, 2.75) is 10.9 Å². The van der Waals surface area contributed by atoms with Crippen LogP contribution in [0.15, 0.2) is 0 Å². The van der Waals surface area contributed by atoms with E-state index >= 15 is 0 Å². The Balaban J connectivity index is 3.47. The number of aliphatic hydroxyl groups excluding tert-OH is 2. The Kier molecular flexibility index (Phi) is 7.74. The van der Waals surface area contributed by atoms with E-state index < -0.39 is 6.10 Å². The van der Waals surface area contributed by atoms with Gasteiger partial charge in [0.15, 0.2) is 0 Å². The Bertz CT molecular complexity index is 155. The second-order valence-electron chi connectivity index (χ2n) is 2.36. The molecule has 6 heteroatoms. The minimum atomic E-state index is -0.720. The van der Waals surface area contributed by atoms with E-state index in [4.69, 9.17) is 10.2 Å². The van der Waals surface area contributed by atoms with Crippen LogP contribution in [0, 0.1) is 0 Å². The van der Waals surface area contributed by atoms with E-state index in [2.05, 4.69) is 20.7 Å². The van der Waals surface area contributed by atoms with Gasteiger partial charge in [0.2, 0.25) is 0 Å². The first-order chi connectivity index (χ1) is 6.11. The number of ether oxygens (including phenoxy) is 1. The van der Waals surface area contributed by atoms with Crippen molar-refractivity contribution in [3.63, 3.8) is 0 Å². The third-order valence-corrected chi connectivity index (χ3v) is 3.56. The first kappa shape index (κ1) is 13.2. The van der Waals surface area contributed by atoms with Crippen molar-refractivity contribution in [2.75, 3.05) is 25.2 Å². The molecule has 2 unspecified atom stereocenters. The van der Waals surface area contributed by atoms with Crippen LogP contribution in [-0.4, -0.2) is 52.3 Å². The summed E-state index contributed by atoms with van der Waals surface area (Å²) >= 11 is 4.52. The molecule has 0 aromatic rings. The summed E-state index contributed by atoms with van der Waals surface area (Å²) in [6, 6.07) is 0. The maximum Gasteiger partial charge on any atom is 0.320 e. The molecule has 0 aliphatic carbocycles. The summed E-state index contributed by atoms with van der Waals surface area (Å²) < 4.78 is 4.48. The highest BCUT2D eigenvalue weighted by Gasteiger charge is 2.15. The fourth-order valence-electron chi connectivity index (χ4n) is 0.556. The molecule has 13 heavy (non-hydrogen) atoms. The first-order valence-electron chi connectivity index (χ1n) is 3.70. The van der Waals surface area contributed by atoms with Crippen molar-refractivity contribution in [3.8, 4) is 0 Å². The molecule has 0 aromatic heterocycles. The van der Waals surface area contributed by atoms with Crippen LogP contribution in [0.2, 0.25) is 0 Å². The molecule has 0 saturated carbocycles. The maximum atomic E-state index is 10.9. The minimum absolute atomic E-state index is 0.252. The number of rotatable bonds is 6. The van der Waals surface area contributed by atoms with Crippen molar-refractivity contribution in [3.05, 3.63) is 0 Å². The van der Waals surface area contributed by atoms with E-state index in [0.717, 1.165) is 0 Å². The molecule has 0 spiro atoms. The number of thioether (sulfide) groups is 1. The molecule has 0 saturated heterocycles. The Morgan fingerprint density at radius 1 is 1.62 bits per heavy atom. The fourth-order valence-corrected chi connectivity index (χ4v) is 2.16. The molecular formula is C7H13BrO4S. The van der Waals surface area contributed by atoms with Crippen LogP contribution < -0.4 is 0 Å². The van der Waals surface area contributed by atoms with Gasteiger partial charge in [0, 0.05) is 11.5 Å². The van der Waals surface area contributed by atoms with Gasteiger partial charge in [-0.15, -0.1) is 0 Å². The van der Waals surface area contributed by atoms with Gasteiger partial charge >= 0.3 is 5.97 Å². The first-order valence-corrected chi connectivity index (χ1v) is 5.77. The van der Waals surface area contributed by atoms with Gasteiger partial charge in [-0.25, -0.2) is 0 Å². The van der Waals surface area contributed by atoms with Crippen molar-refractivity contribution in [1.82, 2.24) is 0 Å². The average Bonchev–Trinajstić information content (AvgIpc) is 2.15. The third-order valence-electron chi connectivity index (χ3n) is 1.24. The predicted octanol–water partition coefficient (Wildman–Crippen LogP) is 0.00930. The summed E-state index contributed by atoms with van der Waals surface area (Å²) in [6.45, 7) is -0.252. The summed E-state index contributed by atoms with van der Waals surface area (Å²) in [5.74, 6) is 0.602. The quantitative estimate of drug-likeness (QED) is 0.527. The van der Waals surface area contributed by atoms with Gasteiger partial charge in [-0.3, -0.25) is 4.79 Å². The molecule has 0 fully saturated rings. The van der Waals surface area contributed by atoms with Gasteiger partial charge in [-0.1, -0.05) is 15.9 Å². The Morgan fingerprint density at radius 2 is 2.23 bits per heavy atom. The van der Waals surface area contributed by atoms with Crippen molar-refractivity contribution in [1.29, 1.82) is 0 Å². The van der Waals surface area contributed by atoms with Crippen LogP contribution in [0.3, 0.4) is 0 Å². The van der Waals surface area contributed by atoms with Gasteiger partial charge in [-0.05, 0) is 0 Å². The second-order valence-corrected chi connectivity index (χ2v) is 4.54. The Hall–Kier alpha value is 0.220. The number of alkyl halides is 1. The number of carbonyl (C=O) groups is 1. The number of halogens is 1. The van der Waals surface area contributed by atoms with Gasteiger partial charge in [0.1, 0.15) is 4.83 Å².